The largest absolute Gasteiger partial charge is 0.379 e. The Bertz CT molecular complexity index is 1780. The lowest BCUT2D eigenvalue weighted by Gasteiger charge is -2.35. The van der Waals surface area contributed by atoms with Gasteiger partial charge in [-0.15, -0.1) is 5.54 Å². The first kappa shape index (κ1) is 43.9. The fourth-order valence-corrected chi connectivity index (χ4v) is 11.2. The highest BCUT2D eigenvalue weighted by atomic mass is 28.3. The highest BCUT2D eigenvalue weighted by Crippen LogP contribution is 2.59. The highest BCUT2D eigenvalue weighted by Gasteiger charge is 2.54. The lowest BCUT2D eigenvalue weighted by atomic mass is 9.70. The summed E-state index contributed by atoms with van der Waals surface area (Å²) in [6.07, 6.45) is 21.0. The van der Waals surface area contributed by atoms with Crippen molar-refractivity contribution in [1.29, 1.82) is 0 Å². The normalized spacial score (nSPS) is 41.1. The Balaban J connectivity index is 0.000000146. The molecule has 6 heteroatoms. The molecule has 0 radical (unpaired) electrons. The minimum absolute atomic E-state index is 0.164. The first-order valence-electron chi connectivity index (χ1n) is 20.7. The van der Waals surface area contributed by atoms with Crippen LogP contribution in [0.15, 0.2) is 85.1 Å². The summed E-state index contributed by atoms with van der Waals surface area (Å²) in [7, 11) is -1.42. The van der Waals surface area contributed by atoms with Gasteiger partial charge in [0.05, 0.1) is 5.41 Å². The molecule has 5 saturated carbocycles. The van der Waals surface area contributed by atoms with E-state index in [2.05, 4.69) is 113 Å². The average Bonchev–Trinajstić information content (AvgIpc) is 4.01. The van der Waals surface area contributed by atoms with Gasteiger partial charge in [-0.25, -0.2) is 0 Å². The summed E-state index contributed by atoms with van der Waals surface area (Å²) in [6, 6.07) is 0. The predicted octanol–water partition coefficient (Wildman–Crippen LogP) is 9.02. The highest BCUT2D eigenvalue weighted by molar-refractivity contribution is 6.83. The molecule has 8 bridgehead atoms. The van der Waals surface area contributed by atoms with E-state index in [1.807, 2.05) is 20.8 Å². The van der Waals surface area contributed by atoms with E-state index >= 15 is 0 Å². The van der Waals surface area contributed by atoms with Gasteiger partial charge in [-0.05, 0) is 114 Å². The van der Waals surface area contributed by atoms with Crippen LogP contribution in [-0.4, -0.2) is 53.8 Å². The Hall–Kier alpha value is -3.26. The van der Waals surface area contributed by atoms with Crippen molar-refractivity contribution in [1.82, 2.24) is 0 Å². The van der Waals surface area contributed by atoms with E-state index < -0.39 is 25.9 Å². The SMILES string of the molecule is C=C1[C@@H]2C=C[C@@H](C2)[C@@]1(C)C(O)C#CC(C)(C)O.C=C1[C@@H]2C=C[C@@H](C2)[C@@]1(C)C(O)C#C[Si](C)(C)C.C=C1[C@@H]2C=C[C@@H](C2)[C@@]1(C)C=O.C=C1[C@@H]2CC[C@@H](C2)[C@@]1(C)C=O. The number of aliphatic hydroxyl groups is 3. The lowest BCUT2D eigenvalue weighted by Crippen LogP contribution is -2.37. The van der Waals surface area contributed by atoms with Crippen LogP contribution < -0.4 is 0 Å². The second-order valence-corrected chi connectivity index (χ2v) is 25.1. The van der Waals surface area contributed by atoms with Crippen LogP contribution in [0.5, 0.6) is 0 Å². The molecule has 14 atom stereocenters. The van der Waals surface area contributed by atoms with Crippen LogP contribution in [0, 0.1) is 92.3 Å². The molecular formula is C50H68O5Si. The van der Waals surface area contributed by atoms with E-state index in [1.54, 1.807) is 13.8 Å². The van der Waals surface area contributed by atoms with Gasteiger partial charge in [0.2, 0.25) is 0 Å². The number of fused-ring (bicyclic) bond motifs is 8. The number of aldehydes is 2. The van der Waals surface area contributed by atoms with Crippen molar-refractivity contribution < 1.29 is 24.9 Å². The smallest absolute Gasteiger partial charge is 0.130 e. The third-order valence-electron chi connectivity index (χ3n) is 15.2. The molecule has 5 fully saturated rings. The summed E-state index contributed by atoms with van der Waals surface area (Å²) < 4.78 is 0. The molecule has 0 saturated heterocycles. The zero-order valence-electron chi connectivity index (χ0n) is 35.6. The Morgan fingerprint density at radius 1 is 0.679 bits per heavy atom. The summed E-state index contributed by atoms with van der Waals surface area (Å²) >= 11 is 0. The topological polar surface area (TPSA) is 94.8 Å². The molecule has 8 aliphatic carbocycles. The quantitative estimate of drug-likeness (QED) is 0.115. The Morgan fingerprint density at radius 3 is 1.45 bits per heavy atom. The van der Waals surface area contributed by atoms with Crippen LogP contribution in [0.25, 0.3) is 0 Å². The van der Waals surface area contributed by atoms with Crippen molar-refractivity contribution in [3.63, 3.8) is 0 Å². The van der Waals surface area contributed by atoms with E-state index in [9.17, 15) is 24.9 Å². The molecule has 0 spiro atoms. The maximum absolute atomic E-state index is 10.9. The summed E-state index contributed by atoms with van der Waals surface area (Å²) in [4.78, 5) is 21.7. The van der Waals surface area contributed by atoms with Gasteiger partial charge in [-0.1, -0.05) is 136 Å². The van der Waals surface area contributed by atoms with Gasteiger partial charge in [0.15, 0.2) is 0 Å². The average molecular weight is 777 g/mol. The molecular weight excluding hydrogens is 709 g/mol. The minimum atomic E-state index is -1.42. The lowest BCUT2D eigenvalue weighted by molar-refractivity contribution is -0.115. The maximum Gasteiger partial charge on any atom is 0.130 e. The number of carbonyl (C=O) groups is 2. The number of allylic oxidation sites excluding steroid dienone is 8. The third kappa shape index (κ3) is 7.81. The van der Waals surface area contributed by atoms with E-state index in [-0.39, 0.29) is 21.7 Å². The molecule has 0 amide bonds. The van der Waals surface area contributed by atoms with Gasteiger partial charge in [0, 0.05) is 16.2 Å². The second-order valence-electron chi connectivity index (χ2n) is 20.3. The molecule has 3 N–H and O–H groups in total. The zero-order valence-corrected chi connectivity index (χ0v) is 36.6. The van der Waals surface area contributed by atoms with Crippen molar-refractivity contribution in [3.8, 4) is 23.3 Å². The van der Waals surface area contributed by atoms with Crippen molar-refractivity contribution in [2.45, 2.75) is 118 Å². The number of hydrogen-bond acceptors (Lipinski definition) is 5. The van der Waals surface area contributed by atoms with Crippen LogP contribution in [0.4, 0.5) is 0 Å². The number of aliphatic hydroxyl groups excluding tert-OH is 2. The van der Waals surface area contributed by atoms with Crippen LogP contribution in [0.1, 0.15) is 80.1 Å². The number of carbonyl (C=O) groups excluding carboxylic acids is 2. The van der Waals surface area contributed by atoms with E-state index in [1.165, 1.54) is 30.4 Å². The van der Waals surface area contributed by atoms with Gasteiger partial charge >= 0.3 is 0 Å². The van der Waals surface area contributed by atoms with Gasteiger partial charge in [0.25, 0.3) is 0 Å². The van der Waals surface area contributed by atoms with E-state index in [4.69, 9.17) is 0 Å². The third-order valence-corrected chi connectivity index (χ3v) is 16.1. The maximum atomic E-state index is 10.9. The molecule has 5 nitrogen and oxygen atoms in total. The molecule has 0 aromatic carbocycles. The van der Waals surface area contributed by atoms with Gasteiger partial charge in [-0.3, -0.25) is 0 Å². The second kappa shape index (κ2) is 15.5. The van der Waals surface area contributed by atoms with Crippen molar-refractivity contribution >= 4 is 20.6 Å². The van der Waals surface area contributed by atoms with Crippen molar-refractivity contribution in [2.24, 2.45) is 69.0 Å². The van der Waals surface area contributed by atoms with Crippen LogP contribution >= 0.6 is 0 Å². The molecule has 0 aromatic rings. The fourth-order valence-electron chi connectivity index (χ4n) is 10.6. The fraction of sp³-hybridized carbons (Fsp3) is 0.600. The van der Waals surface area contributed by atoms with Crippen LogP contribution in [-0.2, 0) is 9.59 Å². The monoisotopic (exact) mass is 776 g/mol. The standard InChI is InChI=1S/C15H20O2.C15H22OSi.C10H14O.C10H12O/c1-10-11-5-6-12(9-11)15(10,4)13(16)7-8-14(2,3)17;1-11-12-6-7-13(10-12)15(11,2)14(16)8-9-17(3,4)5;2*1-7-8-3-4-9(5-8)10(7,2)6-11/h5-6,11-13,16-17H,1,9H2,2-4H3;6-7,12-14,16H,1,10H2,2-5H3;6,8-9H,1,3-5H2,2H3;3-4,6,8-9H,1,5H2,2H3/t11-,12+,13?,15+;12-,13+,14?,15+;2*8-,9+,10+/m1111/s1. The van der Waals surface area contributed by atoms with E-state index in [0.717, 1.165) is 43.0 Å². The molecule has 56 heavy (non-hydrogen) atoms. The van der Waals surface area contributed by atoms with Gasteiger partial charge in [-0.2, -0.15) is 0 Å². The Kier molecular flexibility index (Phi) is 12.1. The predicted molar refractivity (Wildman–Crippen MR) is 231 cm³/mol. The van der Waals surface area contributed by atoms with E-state index in [0.29, 0.717) is 47.3 Å². The minimum Gasteiger partial charge on any atom is -0.379 e. The summed E-state index contributed by atoms with van der Waals surface area (Å²) in [5.74, 6) is 12.4. The molecule has 0 aliphatic heterocycles. The molecule has 0 heterocycles. The summed E-state index contributed by atoms with van der Waals surface area (Å²) in [5.41, 5.74) is 5.76. The van der Waals surface area contributed by atoms with Crippen molar-refractivity contribution in [2.75, 3.05) is 0 Å². The zero-order chi connectivity index (χ0) is 41.8. The first-order chi connectivity index (χ1) is 25.9. The molecule has 302 valence electrons. The van der Waals surface area contributed by atoms with Gasteiger partial charge in [0.1, 0.15) is 38.5 Å². The van der Waals surface area contributed by atoms with Crippen molar-refractivity contribution in [3.05, 3.63) is 85.1 Å². The molecule has 8 rings (SSSR count). The molecule has 2 unspecified atom stereocenters. The number of rotatable bonds is 4. The van der Waals surface area contributed by atoms with Crippen LogP contribution in [0.2, 0.25) is 19.6 Å². The Morgan fingerprint density at radius 2 is 1.12 bits per heavy atom. The Labute approximate surface area is 339 Å². The first-order valence-corrected chi connectivity index (χ1v) is 24.2. The summed E-state index contributed by atoms with van der Waals surface area (Å²) in [6.45, 7) is 34.3. The van der Waals surface area contributed by atoms with Crippen LogP contribution in [0.3, 0.4) is 0 Å². The summed E-state index contributed by atoms with van der Waals surface area (Å²) in [5, 5.41) is 30.3. The number of hydrogen-bond donors (Lipinski definition) is 3. The van der Waals surface area contributed by atoms with Gasteiger partial charge < -0.3 is 24.9 Å². The molecule has 8 aliphatic rings. The molecule has 0 aromatic heterocycles.